The SMILES string of the molecule is Cc1cc2nc(SCC(=O)NC3CCc4ccccc43)n(CCC(C)C)c(=O)c2[nH]1. The molecule has 0 radical (unpaired) electrons. The number of aromatic nitrogens is 3. The predicted octanol–water partition coefficient (Wildman–Crippen LogP) is 3.97. The standard InChI is InChI=1S/C23H28N4O2S/c1-14(2)10-11-27-22(29)21-19(12-15(3)24-21)26-23(27)30-13-20(28)25-18-9-8-16-6-4-5-7-17(16)18/h4-7,12,14,18,24H,8-11,13H2,1-3H3,(H,25,28). The molecule has 1 aliphatic carbocycles. The third-order valence-electron chi connectivity index (χ3n) is 5.57. The highest BCUT2D eigenvalue weighted by Crippen LogP contribution is 2.30. The highest BCUT2D eigenvalue weighted by Gasteiger charge is 2.23. The number of nitrogens with zero attached hydrogens (tertiary/aromatic N) is 2. The van der Waals surface area contributed by atoms with E-state index < -0.39 is 0 Å². The van der Waals surface area contributed by atoms with Gasteiger partial charge in [0.1, 0.15) is 5.52 Å². The van der Waals surface area contributed by atoms with E-state index in [-0.39, 0.29) is 23.3 Å². The summed E-state index contributed by atoms with van der Waals surface area (Å²) in [5.41, 5.74) is 4.56. The molecule has 7 heteroatoms. The van der Waals surface area contributed by atoms with Crippen molar-refractivity contribution in [3.8, 4) is 0 Å². The highest BCUT2D eigenvalue weighted by molar-refractivity contribution is 7.99. The minimum absolute atomic E-state index is 0.0308. The zero-order valence-electron chi connectivity index (χ0n) is 17.7. The summed E-state index contributed by atoms with van der Waals surface area (Å²) in [6, 6.07) is 10.2. The average Bonchev–Trinajstić information content (AvgIpc) is 3.29. The summed E-state index contributed by atoms with van der Waals surface area (Å²) < 4.78 is 1.71. The van der Waals surface area contributed by atoms with Gasteiger partial charge in [-0.2, -0.15) is 0 Å². The van der Waals surface area contributed by atoms with Crippen molar-refractivity contribution in [3.63, 3.8) is 0 Å². The van der Waals surface area contributed by atoms with E-state index in [0.29, 0.717) is 28.7 Å². The van der Waals surface area contributed by atoms with Crippen LogP contribution < -0.4 is 10.9 Å². The molecule has 1 atom stereocenters. The zero-order valence-corrected chi connectivity index (χ0v) is 18.5. The van der Waals surface area contributed by atoms with Gasteiger partial charge >= 0.3 is 0 Å². The number of carbonyl (C=O) groups is 1. The summed E-state index contributed by atoms with van der Waals surface area (Å²) in [6.07, 6.45) is 2.81. The predicted molar refractivity (Wildman–Crippen MR) is 121 cm³/mol. The number of aryl methyl sites for hydroxylation is 2. The fraction of sp³-hybridized carbons (Fsp3) is 0.435. The fourth-order valence-corrected chi connectivity index (χ4v) is 4.82. The number of nitrogens with one attached hydrogen (secondary N) is 2. The summed E-state index contributed by atoms with van der Waals surface area (Å²) in [6.45, 7) is 6.78. The number of H-pyrrole nitrogens is 1. The van der Waals surface area contributed by atoms with E-state index in [1.54, 1.807) is 4.57 Å². The lowest BCUT2D eigenvalue weighted by Crippen LogP contribution is -2.29. The van der Waals surface area contributed by atoms with Crippen molar-refractivity contribution in [2.45, 2.75) is 57.8 Å². The number of benzene rings is 1. The second-order valence-electron chi connectivity index (χ2n) is 8.39. The molecule has 2 heterocycles. The van der Waals surface area contributed by atoms with Gasteiger partial charge in [0.05, 0.1) is 17.3 Å². The number of fused-ring (bicyclic) bond motifs is 2. The van der Waals surface area contributed by atoms with E-state index >= 15 is 0 Å². The van der Waals surface area contributed by atoms with Gasteiger partial charge in [0.15, 0.2) is 5.16 Å². The van der Waals surface area contributed by atoms with Crippen LogP contribution in [0.15, 0.2) is 40.3 Å². The van der Waals surface area contributed by atoms with Crippen LogP contribution in [0.25, 0.3) is 11.0 Å². The van der Waals surface area contributed by atoms with Crippen LogP contribution in [0.5, 0.6) is 0 Å². The Labute approximate surface area is 180 Å². The molecular formula is C23H28N4O2S. The van der Waals surface area contributed by atoms with Gasteiger partial charge in [-0.05, 0) is 49.3 Å². The molecule has 0 saturated carbocycles. The van der Waals surface area contributed by atoms with E-state index in [9.17, 15) is 9.59 Å². The lowest BCUT2D eigenvalue weighted by molar-refractivity contribution is -0.119. The van der Waals surface area contributed by atoms with Gasteiger partial charge < -0.3 is 10.3 Å². The Hall–Kier alpha value is -2.54. The fourth-order valence-electron chi connectivity index (χ4n) is 3.98. The van der Waals surface area contributed by atoms with Gasteiger partial charge in [0.2, 0.25) is 5.91 Å². The van der Waals surface area contributed by atoms with E-state index in [4.69, 9.17) is 0 Å². The number of rotatable bonds is 7. The minimum atomic E-state index is -0.0682. The van der Waals surface area contributed by atoms with Crippen molar-refractivity contribution in [2.75, 3.05) is 5.75 Å². The van der Waals surface area contributed by atoms with Crippen LogP contribution in [-0.4, -0.2) is 26.2 Å². The van der Waals surface area contributed by atoms with Gasteiger partial charge in [-0.15, -0.1) is 0 Å². The van der Waals surface area contributed by atoms with E-state index in [1.807, 2.05) is 25.1 Å². The van der Waals surface area contributed by atoms with Gasteiger partial charge in [-0.3, -0.25) is 14.2 Å². The van der Waals surface area contributed by atoms with Gasteiger partial charge in [-0.1, -0.05) is 49.9 Å². The molecule has 0 fully saturated rings. The maximum atomic E-state index is 13.0. The Morgan fingerprint density at radius 2 is 2.17 bits per heavy atom. The Morgan fingerprint density at radius 1 is 1.37 bits per heavy atom. The van der Waals surface area contributed by atoms with Gasteiger partial charge in [0.25, 0.3) is 5.56 Å². The lowest BCUT2D eigenvalue weighted by Gasteiger charge is -2.15. The Morgan fingerprint density at radius 3 is 2.97 bits per heavy atom. The largest absolute Gasteiger partial charge is 0.353 e. The smallest absolute Gasteiger partial charge is 0.278 e. The molecule has 0 aliphatic heterocycles. The van der Waals surface area contributed by atoms with Crippen LogP contribution >= 0.6 is 11.8 Å². The van der Waals surface area contributed by atoms with Crippen molar-refractivity contribution in [2.24, 2.45) is 5.92 Å². The topological polar surface area (TPSA) is 79.8 Å². The van der Waals surface area contributed by atoms with Crippen LogP contribution in [0.3, 0.4) is 0 Å². The molecule has 1 aromatic carbocycles. The summed E-state index contributed by atoms with van der Waals surface area (Å²) in [7, 11) is 0. The summed E-state index contributed by atoms with van der Waals surface area (Å²) in [5, 5.41) is 3.76. The molecule has 158 valence electrons. The van der Waals surface area contributed by atoms with Crippen molar-refractivity contribution in [1.82, 2.24) is 19.9 Å². The Kier molecular flexibility index (Phi) is 5.99. The molecule has 2 N–H and O–H groups in total. The number of hydrogen-bond acceptors (Lipinski definition) is 4. The molecule has 1 amide bonds. The summed E-state index contributed by atoms with van der Waals surface area (Å²) >= 11 is 1.34. The quantitative estimate of drug-likeness (QED) is 0.444. The number of thioether (sulfide) groups is 1. The molecule has 6 nitrogen and oxygen atoms in total. The Bertz CT molecular complexity index is 1130. The summed E-state index contributed by atoms with van der Waals surface area (Å²) in [5.74, 6) is 0.681. The molecule has 4 rings (SSSR count). The van der Waals surface area contributed by atoms with Crippen LogP contribution in [0, 0.1) is 12.8 Å². The number of amides is 1. The first-order valence-corrected chi connectivity index (χ1v) is 11.5. The third-order valence-corrected chi connectivity index (χ3v) is 6.54. The average molecular weight is 425 g/mol. The summed E-state index contributed by atoms with van der Waals surface area (Å²) in [4.78, 5) is 33.5. The van der Waals surface area contributed by atoms with Crippen molar-refractivity contribution < 1.29 is 4.79 Å². The molecular weight excluding hydrogens is 396 g/mol. The minimum Gasteiger partial charge on any atom is -0.353 e. The molecule has 3 aromatic rings. The number of hydrogen-bond donors (Lipinski definition) is 2. The molecule has 1 unspecified atom stereocenters. The van der Waals surface area contributed by atoms with Crippen LogP contribution in [0.1, 0.15) is 49.6 Å². The normalized spacial score (nSPS) is 15.7. The van der Waals surface area contributed by atoms with E-state index in [1.165, 1.54) is 22.9 Å². The molecule has 1 aliphatic rings. The first-order chi connectivity index (χ1) is 14.4. The Balaban J connectivity index is 1.50. The monoisotopic (exact) mass is 424 g/mol. The van der Waals surface area contributed by atoms with E-state index in [0.717, 1.165) is 25.0 Å². The van der Waals surface area contributed by atoms with Crippen LogP contribution in [0.2, 0.25) is 0 Å². The van der Waals surface area contributed by atoms with Crippen LogP contribution in [-0.2, 0) is 17.8 Å². The van der Waals surface area contributed by atoms with Gasteiger partial charge in [-0.25, -0.2) is 4.98 Å². The molecule has 0 spiro atoms. The van der Waals surface area contributed by atoms with Gasteiger partial charge in [0, 0.05) is 12.2 Å². The van der Waals surface area contributed by atoms with Crippen LogP contribution in [0.4, 0.5) is 0 Å². The van der Waals surface area contributed by atoms with E-state index in [2.05, 4.69) is 41.3 Å². The zero-order chi connectivity index (χ0) is 21.3. The first-order valence-electron chi connectivity index (χ1n) is 10.5. The number of aromatic amines is 1. The highest BCUT2D eigenvalue weighted by atomic mass is 32.2. The molecule has 30 heavy (non-hydrogen) atoms. The number of carbonyl (C=O) groups excluding carboxylic acids is 1. The maximum absolute atomic E-state index is 13.0. The third kappa shape index (κ3) is 4.31. The molecule has 0 saturated heterocycles. The van der Waals surface area contributed by atoms with Crippen molar-refractivity contribution in [1.29, 1.82) is 0 Å². The maximum Gasteiger partial charge on any atom is 0.278 e. The van der Waals surface area contributed by atoms with Crippen molar-refractivity contribution in [3.05, 3.63) is 57.5 Å². The van der Waals surface area contributed by atoms with Crippen molar-refractivity contribution >= 4 is 28.7 Å². The molecule has 0 bridgehead atoms. The first kappa shape index (κ1) is 20.7. The lowest BCUT2D eigenvalue weighted by atomic mass is 10.1. The second-order valence-corrected chi connectivity index (χ2v) is 9.34. The second kappa shape index (κ2) is 8.68. The molecule has 2 aromatic heterocycles.